The van der Waals surface area contributed by atoms with E-state index >= 15 is 0 Å². The lowest BCUT2D eigenvalue weighted by Gasteiger charge is -2.26. The highest BCUT2D eigenvalue weighted by Gasteiger charge is 2.20. The topological polar surface area (TPSA) is 55.1 Å². The van der Waals surface area contributed by atoms with Gasteiger partial charge < -0.3 is 11.1 Å². The van der Waals surface area contributed by atoms with Gasteiger partial charge in [-0.15, -0.1) is 12.4 Å². The van der Waals surface area contributed by atoms with E-state index in [1.165, 1.54) is 11.1 Å². The monoisotopic (exact) mass is 284 g/mol. The molecular formula is C15H25ClN2O. The molecule has 0 radical (unpaired) electrons. The minimum Gasteiger partial charge on any atom is -0.355 e. The van der Waals surface area contributed by atoms with Crippen molar-refractivity contribution in [2.45, 2.75) is 39.0 Å². The van der Waals surface area contributed by atoms with Crippen LogP contribution in [0.4, 0.5) is 0 Å². The van der Waals surface area contributed by atoms with E-state index in [0.717, 1.165) is 6.42 Å². The lowest BCUT2D eigenvalue weighted by Crippen LogP contribution is -2.36. The maximum atomic E-state index is 11.6. The summed E-state index contributed by atoms with van der Waals surface area (Å²) >= 11 is 0. The molecule has 0 atom stereocenters. The van der Waals surface area contributed by atoms with Gasteiger partial charge in [0.05, 0.1) is 0 Å². The Hall–Kier alpha value is -1.06. The third-order valence-corrected chi connectivity index (χ3v) is 3.17. The van der Waals surface area contributed by atoms with Gasteiger partial charge in [0.15, 0.2) is 0 Å². The molecule has 1 aromatic carbocycles. The van der Waals surface area contributed by atoms with Crippen LogP contribution in [0.2, 0.25) is 0 Å². The molecule has 4 heteroatoms. The first-order valence-corrected chi connectivity index (χ1v) is 6.49. The van der Waals surface area contributed by atoms with Gasteiger partial charge in [0.1, 0.15) is 0 Å². The van der Waals surface area contributed by atoms with Crippen molar-refractivity contribution in [3.05, 3.63) is 35.4 Å². The molecule has 0 saturated carbocycles. The zero-order valence-corrected chi connectivity index (χ0v) is 12.8. The Morgan fingerprint density at radius 1 is 1.26 bits per heavy atom. The number of benzene rings is 1. The van der Waals surface area contributed by atoms with Crippen molar-refractivity contribution in [1.82, 2.24) is 5.32 Å². The van der Waals surface area contributed by atoms with E-state index in [2.05, 4.69) is 50.4 Å². The Balaban J connectivity index is 0.00000324. The standard InChI is InChI=1S/C15H24N2O.ClH/c1-12-6-8-13(9-7-12)15(2,3)11-17-14(18)5-4-10-16;/h6-9H,4-5,10-11,16H2,1-3H3,(H,17,18);1H. The van der Waals surface area contributed by atoms with Crippen LogP contribution in [0, 0.1) is 6.92 Å². The average molecular weight is 285 g/mol. The fraction of sp³-hybridized carbons (Fsp3) is 0.533. The smallest absolute Gasteiger partial charge is 0.220 e. The summed E-state index contributed by atoms with van der Waals surface area (Å²) < 4.78 is 0. The predicted octanol–water partition coefficient (Wildman–Crippen LogP) is 2.55. The summed E-state index contributed by atoms with van der Waals surface area (Å²) in [6, 6.07) is 8.46. The molecule has 3 nitrogen and oxygen atoms in total. The Morgan fingerprint density at radius 2 is 1.84 bits per heavy atom. The van der Waals surface area contributed by atoms with Crippen molar-refractivity contribution in [1.29, 1.82) is 0 Å². The first-order valence-electron chi connectivity index (χ1n) is 6.49. The van der Waals surface area contributed by atoms with Crippen molar-refractivity contribution >= 4 is 18.3 Å². The van der Waals surface area contributed by atoms with Gasteiger partial charge in [-0.2, -0.15) is 0 Å². The molecule has 0 fully saturated rings. The summed E-state index contributed by atoms with van der Waals surface area (Å²) in [5.74, 6) is 0.0839. The van der Waals surface area contributed by atoms with Gasteiger partial charge in [-0.25, -0.2) is 0 Å². The van der Waals surface area contributed by atoms with Crippen LogP contribution < -0.4 is 11.1 Å². The molecule has 1 amide bonds. The molecule has 0 aliphatic carbocycles. The van der Waals surface area contributed by atoms with Crippen LogP contribution in [0.25, 0.3) is 0 Å². The molecule has 0 unspecified atom stereocenters. The molecule has 3 N–H and O–H groups in total. The first kappa shape index (κ1) is 17.9. The summed E-state index contributed by atoms with van der Waals surface area (Å²) in [5, 5.41) is 2.98. The van der Waals surface area contributed by atoms with Crippen LogP contribution in [0.1, 0.15) is 37.8 Å². The minimum atomic E-state index is -0.0495. The largest absolute Gasteiger partial charge is 0.355 e. The minimum absolute atomic E-state index is 0. The molecule has 0 aromatic heterocycles. The number of carbonyl (C=O) groups is 1. The van der Waals surface area contributed by atoms with Crippen LogP contribution in [0.3, 0.4) is 0 Å². The molecule has 0 heterocycles. The first-order chi connectivity index (χ1) is 8.45. The molecule has 0 bridgehead atoms. The van der Waals surface area contributed by atoms with E-state index in [0.29, 0.717) is 19.5 Å². The Bertz CT molecular complexity index is 388. The molecule has 0 aliphatic heterocycles. The zero-order valence-electron chi connectivity index (χ0n) is 12.0. The normalized spacial score (nSPS) is 10.7. The second kappa shape index (κ2) is 8.18. The maximum absolute atomic E-state index is 11.6. The highest BCUT2D eigenvalue weighted by molar-refractivity contribution is 5.85. The van der Waals surface area contributed by atoms with Gasteiger partial charge in [0, 0.05) is 18.4 Å². The SMILES string of the molecule is Cc1ccc(C(C)(C)CNC(=O)CCCN)cc1.Cl. The highest BCUT2D eigenvalue weighted by atomic mass is 35.5. The molecule has 19 heavy (non-hydrogen) atoms. The number of nitrogens with one attached hydrogen (secondary N) is 1. The molecule has 1 aromatic rings. The summed E-state index contributed by atoms with van der Waals surface area (Å²) in [5.41, 5.74) is 7.83. The van der Waals surface area contributed by atoms with E-state index in [-0.39, 0.29) is 23.7 Å². The predicted molar refractivity (Wildman–Crippen MR) is 82.8 cm³/mol. The highest BCUT2D eigenvalue weighted by Crippen LogP contribution is 2.22. The molecule has 0 spiro atoms. The van der Waals surface area contributed by atoms with E-state index in [4.69, 9.17) is 5.73 Å². The number of halogens is 1. The summed E-state index contributed by atoms with van der Waals surface area (Å²) in [6.07, 6.45) is 1.26. The van der Waals surface area contributed by atoms with Gasteiger partial charge in [0.25, 0.3) is 0 Å². The van der Waals surface area contributed by atoms with Crippen molar-refractivity contribution in [2.24, 2.45) is 5.73 Å². The molecule has 1 rings (SSSR count). The van der Waals surface area contributed by atoms with Gasteiger partial charge in [-0.1, -0.05) is 43.7 Å². The second-order valence-electron chi connectivity index (χ2n) is 5.42. The summed E-state index contributed by atoms with van der Waals surface area (Å²) in [6.45, 7) is 7.57. The van der Waals surface area contributed by atoms with Crippen molar-refractivity contribution in [3.8, 4) is 0 Å². The number of hydrogen-bond acceptors (Lipinski definition) is 2. The number of rotatable bonds is 6. The lowest BCUT2D eigenvalue weighted by molar-refractivity contribution is -0.121. The number of carbonyl (C=O) groups excluding carboxylic acids is 1. The van der Waals surface area contributed by atoms with E-state index in [1.807, 2.05) is 0 Å². The van der Waals surface area contributed by atoms with Crippen LogP contribution in [0.15, 0.2) is 24.3 Å². The Labute approximate surface area is 122 Å². The fourth-order valence-electron chi connectivity index (χ4n) is 1.78. The molecule has 0 aliphatic rings. The summed E-state index contributed by atoms with van der Waals surface area (Å²) in [4.78, 5) is 11.6. The zero-order chi connectivity index (χ0) is 13.6. The molecular weight excluding hydrogens is 260 g/mol. The van der Waals surface area contributed by atoms with Crippen molar-refractivity contribution in [2.75, 3.05) is 13.1 Å². The summed E-state index contributed by atoms with van der Waals surface area (Å²) in [7, 11) is 0. The van der Waals surface area contributed by atoms with Crippen LogP contribution in [-0.2, 0) is 10.2 Å². The van der Waals surface area contributed by atoms with Crippen LogP contribution >= 0.6 is 12.4 Å². The third kappa shape index (κ3) is 6.08. The average Bonchev–Trinajstić information content (AvgIpc) is 2.34. The fourth-order valence-corrected chi connectivity index (χ4v) is 1.78. The maximum Gasteiger partial charge on any atom is 0.220 e. The van der Waals surface area contributed by atoms with Crippen molar-refractivity contribution in [3.63, 3.8) is 0 Å². The van der Waals surface area contributed by atoms with Gasteiger partial charge in [-0.05, 0) is 25.5 Å². The number of amides is 1. The number of nitrogens with two attached hydrogens (primary N) is 1. The van der Waals surface area contributed by atoms with E-state index < -0.39 is 0 Å². The Morgan fingerprint density at radius 3 is 2.37 bits per heavy atom. The quantitative estimate of drug-likeness (QED) is 0.843. The number of aryl methyl sites for hydroxylation is 1. The van der Waals surface area contributed by atoms with E-state index in [9.17, 15) is 4.79 Å². The lowest BCUT2D eigenvalue weighted by atomic mass is 9.84. The van der Waals surface area contributed by atoms with E-state index in [1.54, 1.807) is 0 Å². The van der Waals surface area contributed by atoms with Crippen LogP contribution in [-0.4, -0.2) is 19.0 Å². The second-order valence-corrected chi connectivity index (χ2v) is 5.42. The van der Waals surface area contributed by atoms with Gasteiger partial charge in [0.2, 0.25) is 5.91 Å². The Kier molecular flexibility index (Phi) is 7.72. The molecule has 0 saturated heterocycles. The van der Waals surface area contributed by atoms with Gasteiger partial charge in [-0.3, -0.25) is 4.79 Å². The van der Waals surface area contributed by atoms with Crippen molar-refractivity contribution < 1.29 is 4.79 Å². The molecule has 108 valence electrons. The third-order valence-electron chi connectivity index (χ3n) is 3.17. The van der Waals surface area contributed by atoms with Gasteiger partial charge >= 0.3 is 0 Å². The van der Waals surface area contributed by atoms with Crippen LogP contribution in [0.5, 0.6) is 0 Å². The number of hydrogen-bond donors (Lipinski definition) is 2.